The first-order valence-corrected chi connectivity index (χ1v) is 9.53. The minimum absolute atomic E-state index is 0.146. The van der Waals surface area contributed by atoms with Crippen molar-refractivity contribution in [3.63, 3.8) is 0 Å². The molecule has 0 aromatic heterocycles. The average Bonchev–Trinajstić information content (AvgIpc) is 2.59. The van der Waals surface area contributed by atoms with Crippen molar-refractivity contribution in [1.82, 2.24) is 4.90 Å². The number of carbonyl (C=O) groups is 2. The van der Waals surface area contributed by atoms with Crippen molar-refractivity contribution in [3.05, 3.63) is 50.8 Å². The second-order valence-electron chi connectivity index (χ2n) is 6.98. The van der Waals surface area contributed by atoms with E-state index in [9.17, 15) is 14.7 Å². The van der Waals surface area contributed by atoms with E-state index in [0.717, 1.165) is 53.8 Å². The minimum atomic E-state index is -0.307. The molecular formula is C20H20BrNO3. The molecule has 0 amide bonds. The highest BCUT2D eigenvalue weighted by atomic mass is 79.9. The van der Waals surface area contributed by atoms with Gasteiger partial charge in [0, 0.05) is 48.3 Å². The Balaban J connectivity index is 1.96. The quantitative estimate of drug-likeness (QED) is 0.765. The number of halogens is 1. The molecule has 0 bridgehead atoms. The Morgan fingerprint density at radius 3 is 2.08 bits per heavy atom. The van der Waals surface area contributed by atoms with E-state index in [2.05, 4.69) is 20.8 Å². The van der Waals surface area contributed by atoms with Crippen LogP contribution in [0.1, 0.15) is 50.0 Å². The number of carbonyl (C=O) groups excluding carboxylic acids is 2. The molecule has 0 spiro atoms. The smallest absolute Gasteiger partial charge is 0.161 e. The molecule has 1 aromatic rings. The van der Waals surface area contributed by atoms with Gasteiger partial charge in [-0.1, -0.05) is 6.07 Å². The lowest BCUT2D eigenvalue weighted by atomic mass is 9.71. The second-order valence-corrected chi connectivity index (χ2v) is 7.83. The zero-order chi connectivity index (χ0) is 17.7. The molecule has 0 saturated carbocycles. The lowest BCUT2D eigenvalue weighted by Crippen LogP contribution is -2.37. The van der Waals surface area contributed by atoms with Crippen molar-refractivity contribution in [2.75, 3.05) is 7.05 Å². The maximum Gasteiger partial charge on any atom is 0.161 e. The van der Waals surface area contributed by atoms with Crippen molar-refractivity contribution in [1.29, 1.82) is 0 Å². The predicted octanol–water partition coefficient (Wildman–Crippen LogP) is 4.20. The number of hydrogen-bond acceptors (Lipinski definition) is 4. The number of allylic oxidation sites excluding steroid dienone is 4. The SMILES string of the molecule is CN1C2=C(C(=O)CCC2)C(c2ccc(O)c(Br)c2)C2=C1CCCC2=O. The highest BCUT2D eigenvalue weighted by molar-refractivity contribution is 9.10. The fourth-order valence-electron chi connectivity index (χ4n) is 4.39. The molecule has 0 unspecified atom stereocenters. The number of ketones is 2. The number of nitrogens with zero attached hydrogens (tertiary/aromatic N) is 1. The van der Waals surface area contributed by atoms with Gasteiger partial charge in [0.1, 0.15) is 5.75 Å². The second kappa shape index (κ2) is 6.13. The van der Waals surface area contributed by atoms with Gasteiger partial charge in [0.05, 0.1) is 4.47 Å². The molecule has 1 aliphatic heterocycles. The van der Waals surface area contributed by atoms with Crippen molar-refractivity contribution in [2.45, 2.75) is 44.4 Å². The Morgan fingerprint density at radius 1 is 1.00 bits per heavy atom. The first kappa shape index (κ1) is 16.6. The van der Waals surface area contributed by atoms with Crippen molar-refractivity contribution < 1.29 is 14.7 Å². The van der Waals surface area contributed by atoms with Gasteiger partial charge >= 0.3 is 0 Å². The van der Waals surface area contributed by atoms with Crippen molar-refractivity contribution >= 4 is 27.5 Å². The molecule has 0 saturated heterocycles. The zero-order valence-electron chi connectivity index (χ0n) is 14.1. The number of benzene rings is 1. The van der Waals surface area contributed by atoms with Gasteiger partial charge in [0.2, 0.25) is 0 Å². The number of aromatic hydroxyl groups is 1. The van der Waals surface area contributed by atoms with Gasteiger partial charge < -0.3 is 10.0 Å². The van der Waals surface area contributed by atoms with Crippen LogP contribution in [-0.2, 0) is 9.59 Å². The first-order valence-electron chi connectivity index (χ1n) is 8.73. The maximum atomic E-state index is 12.8. The van der Waals surface area contributed by atoms with Crippen LogP contribution in [0.4, 0.5) is 0 Å². The van der Waals surface area contributed by atoms with Gasteiger partial charge in [-0.3, -0.25) is 9.59 Å². The van der Waals surface area contributed by atoms with Crippen LogP contribution in [0.15, 0.2) is 45.2 Å². The van der Waals surface area contributed by atoms with Crippen LogP contribution in [0, 0.1) is 0 Å². The number of phenols is 1. The first-order chi connectivity index (χ1) is 12.0. The summed E-state index contributed by atoms with van der Waals surface area (Å²) in [5.74, 6) is 0.142. The van der Waals surface area contributed by atoms with E-state index < -0.39 is 0 Å². The van der Waals surface area contributed by atoms with Gasteiger partial charge in [-0.15, -0.1) is 0 Å². The van der Waals surface area contributed by atoms with Gasteiger partial charge in [0.15, 0.2) is 11.6 Å². The fraction of sp³-hybridized carbons (Fsp3) is 0.400. The lowest BCUT2D eigenvalue weighted by molar-refractivity contribution is -0.117. The Kier molecular flexibility index (Phi) is 4.07. The molecule has 4 rings (SSSR count). The molecule has 1 aromatic carbocycles. The maximum absolute atomic E-state index is 12.8. The lowest BCUT2D eigenvalue weighted by Gasteiger charge is -2.42. The Hall–Kier alpha value is -1.88. The third-order valence-electron chi connectivity index (χ3n) is 5.55. The van der Waals surface area contributed by atoms with Gasteiger partial charge in [-0.05, 0) is 59.3 Å². The molecule has 0 atom stereocenters. The molecular weight excluding hydrogens is 382 g/mol. The molecule has 1 heterocycles. The zero-order valence-corrected chi connectivity index (χ0v) is 15.7. The standard InChI is InChI=1S/C20H20BrNO3/c1-22-13-4-2-6-16(24)19(13)18(11-8-9-15(23)12(21)10-11)20-14(22)5-3-7-17(20)25/h8-10,18,23H,2-7H2,1H3. The van der Waals surface area contributed by atoms with E-state index in [1.807, 2.05) is 19.2 Å². The van der Waals surface area contributed by atoms with Crippen LogP contribution in [0.3, 0.4) is 0 Å². The number of rotatable bonds is 1. The summed E-state index contributed by atoms with van der Waals surface area (Å²) < 4.78 is 0.583. The predicted molar refractivity (Wildman–Crippen MR) is 98.1 cm³/mol. The number of Topliss-reactive ketones (excluding diaryl/α,β-unsaturated/α-hetero) is 2. The highest BCUT2D eigenvalue weighted by Crippen LogP contribution is 2.49. The molecule has 5 heteroatoms. The normalized spacial score (nSPS) is 21.6. The molecule has 1 N–H and O–H groups in total. The summed E-state index contributed by atoms with van der Waals surface area (Å²) in [5.41, 5.74) is 4.58. The summed E-state index contributed by atoms with van der Waals surface area (Å²) in [5, 5.41) is 9.84. The van der Waals surface area contributed by atoms with E-state index in [1.54, 1.807) is 6.07 Å². The van der Waals surface area contributed by atoms with Crippen molar-refractivity contribution in [2.24, 2.45) is 0 Å². The van der Waals surface area contributed by atoms with E-state index >= 15 is 0 Å². The van der Waals surface area contributed by atoms with E-state index in [1.165, 1.54) is 0 Å². The molecule has 3 aliphatic rings. The topological polar surface area (TPSA) is 57.6 Å². The highest BCUT2D eigenvalue weighted by Gasteiger charge is 2.42. The minimum Gasteiger partial charge on any atom is -0.507 e. The summed E-state index contributed by atoms with van der Waals surface area (Å²) in [6.07, 6.45) is 4.56. The Labute approximate surface area is 155 Å². The van der Waals surface area contributed by atoms with Crippen LogP contribution in [0.5, 0.6) is 5.75 Å². The monoisotopic (exact) mass is 401 g/mol. The van der Waals surface area contributed by atoms with Crippen LogP contribution >= 0.6 is 15.9 Å². The van der Waals surface area contributed by atoms with E-state index in [0.29, 0.717) is 17.3 Å². The number of hydrogen-bond donors (Lipinski definition) is 1. The van der Waals surface area contributed by atoms with Gasteiger partial charge in [0.25, 0.3) is 0 Å². The van der Waals surface area contributed by atoms with Gasteiger partial charge in [-0.25, -0.2) is 0 Å². The third-order valence-corrected chi connectivity index (χ3v) is 6.18. The van der Waals surface area contributed by atoms with Gasteiger partial charge in [-0.2, -0.15) is 0 Å². The summed E-state index contributed by atoms with van der Waals surface area (Å²) in [6, 6.07) is 5.29. The van der Waals surface area contributed by atoms with Crippen LogP contribution < -0.4 is 0 Å². The van der Waals surface area contributed by atoms with Crippen LogP contribution in [-0.4, -0.2) is 28.6 Å². The molecule has 130 valence electrons. The average molecular weight is 402 g/mol. The molecule has 0 fully saturated rings. The van der Waals surface area contributed by atoms with Crippen LogP contribution in [0.2, 0.25) is 0 Å². The summed E-state index contributed by atoms with van der Waals surface area (Å²) in [7, 11) is 1.99. The molecule has 4 nitrogen and oxygen atoms in total. The Bertz CT molecular complexity index is 808. The number of phenolic OH excluding ortho intramolecular Hbond substituents is 1. The fourth-order valence-corrected chi connectivity index (χ4v) is 4.79. The van der Waals surface area contributed by atoms with Crippen molar-refractivity contribution in [3.8, 4) is 5.75 Å². The largest absolute Gasteiger partial charge is 0.507 e. The third kappa shape index (κ3) is 2.56. The molecule has 25 heavy (non-hydrogen) atoms. The summed E-state index contributed by atoms with van der Waals surface area (Å²) in [6.45, 7) is 0. The van der Waals surface area contributed by atoms with Crippen LogP contribution in [0.25, 0.3) is 0 Å². The Morgan fingerprint density at radius 2 is 1.56 bits per heavy atom. The summed E-state index contributed by atoms with van der Waals surface area (Å²) >= 11 is 3.37. The summed E-state index contributed by atoms with van der Waals surface area (Å²) in [4.78, 5) is 27.7. The molecule has 2 aliphatic carbocycles. The molecule has 0 radical (unpaired) electrons. The van der Waals surface area contributed by atoms with E-state index in [-0.39, 0.29) is 23.2 Å². The van der Waals surface area contributed by atoms with E-state index in [4.69, 9.17) is 0 Å².